The maximum absolute atomic E-state index is 5.42. The summed E-state index contributed by atoms with van der Waals surface area (Å²) in [5.74, 6) is 0. The summed E-state index contributed by atoms with van der Waals surface area (Å²) in [5.41, 5.74) is 2.82. The minimum Gasteiger partial charge on any atom is -0.379 e. The highest BCUT2D eigenvalue weighted by Crippen LogP contribution is 2.23. The van der Waals surface area contributed by atoms with Crippen molar-refractivity contribution in [2.24, 2.45) is 0 Å². The van der Waals surface area contributed by atoms with E-state index in [1.165, 1.54) is 11.3 Å². The number of benzene rings is 1. The Morgan fingerprint density at radius 1 is 1.20 bits per heavy atom. The molecule has 1 saturated heterocycles. The molecule has 2 heterocycles. The van der Waals surface area contributed by atoms with Crippen molar-refractivity contribution >= 4 is 5.69 Å². The van der Waals surface area contributed by atoms with Crippen molar-refractivity contribution in [1.29, 1.82) is 0 Å². The molecule has 4 heteroatoms. The topological polar surface area (TPSA) is 27.7 Å². The molecule has 2 aliphatic rings. The Morgan fingerprint density at radius 3 is 2.85 bits per heavy atom. The lowest BCUT2D eigenvalue weighted by Gasteiger charge is -2.32. The number of rotatable bonds is 3. The number of nitrogens with one attached hydrogen (secondary N) is 1. The second-order valence-electron chi connectivity index (χ2n) is 5.81. The molecule has 3 rings (SSSR count). The van der Waals surface area contributed by atoms with Crippen LogP contribution in [0.2, 0.25) is 0 Å². The molecule has 0 bridgehead atoms. The monoisotopic (exact) mass is 275 g/mol. The molecule has 0 amide bonds. The third-order valence-corrected chi connectivity index (χ3v) is 4.26. The number of nitrogens with zero attached hydrogens (tertiary/aromatic N) is 2. The summed E-state index contributed by atoms with van der Waals surface area (Å²) in [6, 6.07) is 9.32. The maximum Gasteiger partial charge on any atom is 0.0594 e. The molecule has 0 aromatic heterocycles. The third-order valence-electron chi connectivity index (χ3n) is 4.26. The summed E-state index contributed by atoms with van der Waals surface area (Å²) >= 11 is 0. The Labute approximate surface area is 121 Å². The zero-order valence-corrected chi connectivity index (χ0v) is 12.3. The van der Waals surface area contributed by atoms with Gasteiger partial charge in [-0.1, -0.05) is 18.2 Å². The molecule has 20 heavy (non-hydrogen) atoms. The van der Waals surface area contributed by atoms with Gasteiger partial charge >= 0.3 is 0 Å². The molecule has 1 atom stereocenters. The Balaban J connectivity index is 1.67. The van der Waals surface area contributed by atoms with Gasteiger partial charge < -0.3 is 15.0 Å². The Kier molecular flexibility index (Phi) is 4.55. The predicted molar refractivity (Wildman–Crippen MR) is 82.2 cm³/mol. The fourth-order valence-electron chi connectivity index (χ4n) is 3.05. The van der Waals surface area contributed by atoms with E-state index in [-0.39, 0.29) is 0 Å². The highest BCUT2D eigenvalue weighted by atomic mass is 16.5. The zero-order valence-electron chi connectivity index (χ0n) is 12.3. The van der Waals surface area contributed by atoms with E-state index >= 15 is 0 Å². The number of hydrogen-bond acceptors (Lipinski definition) is 4. The van der Waals surface area contributed by atoms with Crippen molar-refractivity contribution < 1.29 is 4.74 Å². The number of anilines is 1. The van der Waals surface area contributed by atoms with Gasteiger partial charge in [-0.25, -0.2) is 0 Å². The van der Waals surface area contributed by atoms with Crippen molar-refractivity contribution in [2.75, 3.05) is 50.8 Å². The quantitative estimate of drug-likeness (QED) is 0.900. The predicted octanol–water partition coefficient (Wildman–Crippen LogP) is 1.32. The molecular weight excluding hydrogens is 250 g/mol. The molecule has 0 saturated carbocycles. The Hall–Kier alpha value is -1.10. The van der Waals surface area contributed by atoms with Gasteiger partial charge in [-0.2, -0.15) is 0 Å². The van der Waals surface area contributed by atoms with Crippen LogP contribution in [0.25, 0.3) is 0 Å². The third kappa shape index (κ3) is 3.32. The van der Waals surface area contributed by atoms with E-state index in [0.717, 1.165) is 52.5 Å². The van der Waals surface area contributed by atoms with Crippen LogP contribution in [0, 0.1) is 0 Å². The van der Waals surface area contributed by atoms with Crippen molar-refractivity contribution in [3.8, 4) is 0 Å². The Morgan fingerprint density at radius 2 is 2.00 bits per heavy atom. The van der Waals surface area contributed by atoms with E-state index in [0.29, 0.717) is 6.04 Å². The normalized spacial score (nSPS) is 24.2. The first kappa shape index (κ1) is 13.9. The minimum atomic E-state index is 0.534. The van der Waals surface area contributed by atoms with Gasteiger partial charge in [0.05, 0.1) is 13.2 Å². The molecule has 1 unspecified atom stereocenters. The second kappa shape index (κ2) is 6.57. The number of para-hydroxylation sites is 1. The Bertz CT molecular complexity index is 431. The van der Waals surface area contributed by atoms with E-state index in [9.17, 15) is 0 Å². The summed E-state index contributed by atoms with van der Waals surface area (Å²) in [6.07, 6.45) is 0. The van der Waals surface area contributed by atoms with Gasteiger partial charge in [-0.15, -0.1) is 0 Å². The summed E-state index contributed by atoms with van der Waals surface area (Å²) in [7, 11) is 0. The largest absolute Gasteiger partial charge is 0.379 e. The van der Waals surface area contributed by atoms with Crippen molar-refractivity contribution in [1.82, 2.24) is 10.2 Å². The van der Waals surface area contributed by atoms with Gasteiger partial charge in [0, 0.05) is 51.0 Å². The number of hydrogen-bond donors (Lipinski definition) is 1. The number of morpholine rings is 1. The van der Waals surface area contributed by atoms with E-state index in [4.69, 9.17) is 4.74 Å². The average Bonchev–Trinajstić information content (AvgIpc) is 2.66. The highest BCUT2D eigenvalue weighted by molar-refractivity contribution is 5.54. The van der Waals surface area contributed by atoms with Crippen molar-refractivity contribution in [3.63, 3.8) is 0 Å². The first-order chi connectivity index (χ1) is 9.83. The smallest absolute Gasteiger partial charge is 0.0594 e. The molecule has 1 fully saturated rings. The molecule has 0 radical (unpaired) electrons. The van der Waals surface area contributed by atoms with Gasteiger partial charge in [-0.3, -0.25) is 4.90 Å². The van der Waals surface area contributed by atoms with Gasteiger partial charge in [0.15, 0.2) is 0 Å². The number of fused-ring (bicyclic) bond motifs is 1. The summed E-state index contributed by atoms with van der Waals surface area (Å²) < 4.78 is 5.42. The molecule has 0 aliphatic carbocycles. The molecule has 0 spiro atoms. The van der Waals surface area contributed by atoms with Gasteiger partial charge in [0.1, 0.15) is 0 Å². The first-order valence-corrected chi connectivity index (χ1v) is 7.69. The molecular formula is C16H25N3O. The summed E-state index contributed by atoms with van der Waals surface area (Å²) in [6.45, 7) is 10.5. The number of ether oxygens (including phenoxy) is 1. The lowest BCUT2D eigenvalue weighted by atomic mass is 10.1. The maximum atomic E-state index is 5.42. The van der Waals surface area contributed by atoms with Crippen LogP contribution in [0.5, 0.6) is 0 Å². The minimum absolute atomic E-state index is 0.534. The zero-order chi connectivity index (χ0) is 13.8. The fourth-order valence-corrected chi connectivity index (χ4v) is 3.05. The van der Waals surface area contributed by atoms with E-state index in [2.05, 4.69) is 46.3 Å². The van der Waals surface area contributed by atoms with Crippen LogP contribution in [-0.2, 0) is 11.3 Å². The average molecular weight is 275 g/mol. The summed E-state index contributed by atoms with van der Waals surface area (Å²) in [5, 5.41) is 3.59. The summed E-state index contributed by atoms with van der Waals surface area (Å²) in [4.78, 5) is 5.05. The van der Waals surface area contributed by atoms with Crippen LogP contribution < -0.4 is 10.2 Å². The lowest BCUT2D eigenvalue weighted by Crippen LogP contribution is -2.43. The van der Waals surface area contributed by atoms with Crippen LogP contribution in [0.3, 0.4) is 0 Å². The fraction of sp³-hybridized carbons (Fsp3) is 0.625. The van der Waals surface area contributed by atoms with Crippen molar-refractivity contribution in [3.05, 3.63) is 29.8 Å². The van der Waals surface area contributed by atoms with E-state index in [1.807, 2.05) is 0 Å². The standard InChI is InChI=1S/C16H25N3O/c1-14-13-19(7-6-18-8-10-20-11-9-18)16-5-3-2-4-15(16)12-17-14/h2-5,14,17H,6-13H2,1H3. The SMILES string of the molecule is CC1CN(CCN2CCOCC2)c2ccccc2CN1. The van der Waals surface area contributed by atoms with Gasteiger partial charge in [-0.05, 0) is 18.6 Å². The van der Waals surface area contributed by atoms with Crippen molar-refractivity contribution in [2.45, 2.75) is 19.5 Å². The van der Waals surface area contributed by atoms with Crippen LogP contribution in [0.1, 0.15) is 12.5 Å². The highest BCUT2D eigenvalue weighted by Gasteiger charge is 2.19. The van der Waals surface area contributed by atoms with Crippen LogP contribution >= 0.6 is 0 Å². The van der Waals surface area contributed by atoms with Crippen LogP contribution in [0.4, 0.5) is 5.69 Å². The molecule has 4 nitrogen and oxygen atoms in total. The van der Waals surface area contributed by atoms with E-state index < -0.39 is 0 Å². The van der Waals surface area contributed by atoms with E-state index in [1.54, 1.807) is 0 Å². The van der Waals surface area contributed by atoms with Gasteiger partial charge in [0.2, 0.25) is 0 Å². The van der Waals surface area contributed by atoms with Crippen LogP contribution in [-0.4, -0.2) is 56.9 Å². The molecule has 2 aliphatic heterocycles. The molecule has 110 valence electrons. The first-order valence-electron chi connectivity index (χ1n) is 7.69. The lowest BCUT2D eigenvalue weighted by molar-refractivity contribution is 0.0391. The van der Waals surface area contributed by atoms with Crippen LogP contribution in [0.15, 0.2) is 24.3 Å². The van der Waals surface area contributed by atoms with Gasteiger partial charge in [0.25, 0.3) is 0 Å². The molecule has 1 N–H and O–H groups in total. The molecule has 1 aromatic rings. The second-order valence-corrected chi connectivity index (χ2v) is 5.81. The molecule has 1 aromatic carbocycles.